The minimum atomic E-state index is -0.494. The topological polar surface area (TPSA) is 75.4 Å². The van der Waals surface area contributed by atoms with Crippen LogP contribution >= 0.6 is 12.4 Å². The molecule has 1 aromatic rings. The molecule has 22 heavy (non-hydrogen) atoms. The number of benzene rings is 1. The zero-order chi connectivity index (χ0) is 15.8. The van der Waals surface area contributed by atoms with Gasteiger partial charge in [0, 0.05) is 24.3 Å². The maximum absolute atomic E-state index is 12.2. The van der Waals surface area contributed by atoms with Gasteiger partial charge in [0.05, 0.1) is 6.04 Å². The average molecular weight is 328 g/mol. The van der Waals surface area contributed by atoms with Crippen LogP contribution in [0.2, 0.25) is 0 Å². The summed E-state index contributed by atoms with van der Waals surface area (Å²) in [4.78, 5) is 25.7. The van der Waals surface area contributed by atoms with Gasteiger partial charge in [-0.25, -0.2) is 0 Å². The van der Waals surface area contributed by atoms with Gasteiger partial charge in [-0.05, 0) is 44.5 Å². The van der Waals surface area contributed by atoms with Crippen LogP contribution < -0.4 is 11.1 Å². The summed E-state index contributed by atoms with van der Waals surface area (Å²) in [5.74, 6) is -0.194. The molecule has 1 rings (SSSR count). The summed E-state index contributed by atoms with van der Waals surface area (Å²) in [6.07, 6.45) is 1.52. The van der Waals surface area contributed by atoms with Gasteiger partial charge in [0.15, 0.2) is 0 Å². The molecule has 1 atom stereocenters. The van der Waals surface area contributed by atoms with Crippen molar-refractivity contribution in [2.75, 3.05) is 18.4 Å². The molecule has 0 aliphatic rings. The Kier molecular flexibility index (Phi) is 9.45. The number of rotatable bonds is 7. The fourth-order valence-corrected chi connectivity index (χ4v) is 2.07. The molecular formula is C16H26ClN3O2. The lowest BCUT2D eigenvalue weighted by molar-refractivity contribution is -0.117. The maximum atomic E-state index is 12.2. The highest BCUT2D eigenvalue weighted by Crippen LogP contribution is 2.12. The summed E-state index contributed by atoms with van der Waals surface area (Å²) in [7, 11) is 0. The fourth-order valence-electron chi connectivity index (χ4n) is 2.07. The highest BCUT2D eigenvalue weighted by molar-refractivity contribution is 5.97. The molecule has 0 saturated heterocycles. The molecule has 0 radical (unpaired) electrons. The molecule has 5 nitrogen and oxygen atoms in total. The van der Waals surface area contributed by atoms with E-state index < -0.39 is 6.04 Å². The Morgan fingerprint density at radius 1 is 1.14 bits per heavy atom. The van der Waals surface area contributed by atoms with Gasteiger partial charge in [0.25, 0.3) is 5.91 Å². The molecule has 124 valence electrons. The maximum Gasteiger partial charge on any atom is 0.253 e. The van der Waals surface area contributed by atoms with Gasteiger partial charge in [0.1, 0.15) is 0 Å². The van der Waals surface area contributed by atoms with Crippen molar-refractivity contribution in [1.82, 2.24) is 4.90 Å². The molecule has 1 unspecified atom stereocenters. The molecule has 0 bridgehead atoms. The standard InChI is InChI=1S/C16H25N3O2.ClH/c1-4-7-14(17)15(20)18-13-10-8-12(9-11-13)16(21)19(5-2)6-3;/h8-11,14H,4-7,17H2,1-3H3,(H,18,20);1H. The van der Waals surface area contributed by atoms with Crippen molar-refractivity contribution in [3.8, 4) is 0 Å². The van der Waals surface area contributed by atoms with Crippen molar-refractivity contribution >= 4 is 29.9 Å². The zero-order valence-electron chi connectivity index (χ0n) is 13.5. The Hall–Kier alpha value is -1.59. The van der Waals surface area contributed by atoms with Gasteiger partial charge < -0.3 is 16.0 Å². The molecule has 6 heteroatoms. The van der Waals surface area contributed by atoms with Crippen LogP contribution in [0, 0.1) is 0 Å². The van der Waals surface area contributed by atoms with Crippen molar-refractivity contribution in [3.05, 3.63) is 29.8 Å². The number of amides is 2. The van der Waals surface area contributed by atoms with Crippen LogP contribution in [0.4, 0.5) is 5.69 Å². The van der Waals surface area contributed by atoms with Crippen LogP contribution in [0.5, 0.6) is 0 Å². The normalized spacial score (nSPS) is 11.3. The third-order valence-corrected chi connectivity index (χ3v) is 3.39. The van der Waals surface area contributed by atoms with Gasteiger partial charge in [-0.3, -0.25) is 9.59 Å². The van der Waals surface area contributed by atoms with E-state index in [9.17, 15) is 9.59 Å². The Labute approximate surface area is 138 Å². The number of carbonyl (C=O) groups is 2. The lowest BCUT2D eigenvalue weighted by Crippen LogP contribution is -2.35. The largest absolute Gasteiger partial charge is 0.339 e. The lowest BCUT2D eigenvalue weighted by Gasteiger charge is -2.18. The highest BCUT2D eigenvalue weighted by Gasteiger charge is 2.14. The number of halogens is 1. The number of nitrogens with zero attached hydrogens (tertiary/aromatic N) is 1. The first-order chi connectivity index (χ1) is 10.0. The third-order valence-electron chi connectivity index (χ3n) is 3.39. The number of anilines is 1. The summed E-state index contributed by atoms with van der Waals surface area (Å²) in [5, 5.41) is 2.76. The van der Waals surface area contributed by atoms with E-state index in [2.05, 4.69) is 5.32 Å². The molecule has 3 N–H and O–H groups in total. The van der Waals surface area contributed by atoms with E-state index in [-0.39, 0.29) is 24.2 Å². The van der Waals surface area contributed by atoms with Crippen molar-refractivity contribution in [2.45, 2.75) is 39.7 Å². The van der Waals surface area contributed by atoms with E-state index >= 15 is 0 Å². The predicted octanol–water partition coefficient (Wildman–Crippen LogP) is 2.66. The average Bonchev–Trinajstić information content (AvgIpc) is 2.49. The van der Waals surface area contributed by atoms with E-state index in [0.717, 1.165) is 6.42 Å². The number of hydrogen-bond donors (Lipinski definition) is 2. The Morgan fingerprint density at radius 2 is 1.68 bits per heavy atom. The first-order valence-electron chi connectivity index (χ1n) is 7.49. The van der Waals surface area contributed by atoms with Gasteiger partial charge >= 0.3 is 0 Å². The van der Waals surface area contributed by atoms with Crippen molar-refractivity contribution in [3.63, 3.8) is 0 Å². The minimum absolute atomic E-state index is 0. The van der Waals surface area contributed by atoms with E-state index in [1.54, 1.807) is 29.2 Å². The molecule has 0 aromatic heterocycles. The molecule has 0 aliphatic heterocycles. The molecule has 0 aliphatic carbocycles. The van der Waals surface area contributed by atoms with E-state index in [4.69, 9.17) is 5.73 Å². The SMILES string of the molecule is CCCC(N)C(=O)Nc1ccc(C(=O)N(CC)CC)cc1.Cl. The number of nitrogens with one attached hydrogen (secondary N) is 1. The third kappa shape index (κ3) is 5.66. The van der Waals surface area contributed by atoms with Crippen molar-refractivity contribution in [2.24, 2.45) is 5.73 Å². The Balaban J connectivity index is 0.00000441. The van der Waals surface area contributed by atoms with E-state index in [1.165, 1.54) is 0 Å². The molecule has 0 fully saturated rings. The molecular weight excluding hydrogens is 302 g/mol. The first kappa shape index (κ1) is 20.4. The van der Waals surface area contributed by atoms with Crippen LogP contribution in [-0.4, -0.2) is 35.8 Å². The highest BCUT2D eigenvalue weighted by atomic mass is 35.5. The van der Waals surface area contributed by atoms with Gasteiger partial charge in [-0.15, -0.1) is 12.4 Å². The van der Waals surface area contributed by atoms with Gasteiger partial charge in [0.2, 0.25) is 5.91 Å². The molecule has 1 aromatic carbocycles. The number of nitrogens with two attached hydrogens (primary N) is 1. The quantitative estimate of drug-likeness (QED) is 0.808. The summed E-state index contributed by atoms with van der Waals surface area (Å²) >= 11 is 0. The zero-order valence-corrected chi connectivity index (χ0v) is 14.3. The molecule has 0 saturated carbocycles. The molecule has 0 spiro atoms. The Bertz CT molecular complexity index is 473. The summed E-state index contributed by atoms with van der Waals surface area (Å²) < 4.78 is 0. The van der Waals surface area contributed by atoms with E-state index in [1.807, 2.05) is 20.8 Å². The van der Waals surface area contributed by atoms with Gasteiger partial charge in [-0.1, -0.05) is 13.3 Å². The second kappa shape index (κ2) is 10.2. The summed E-state index contributed by atoms with van der Waals surface area (Å²) in [6, 6.07) is 6.41. The smallest absolute Gasteiger partial charge is 0.253 e. The monoisotopic (exact) mass is 327 g/mol. The van der Waals surface area contributed by atoms with Crippen LogP contribution in [0.15, 0.2) is 24.3 Å². The van der Waals surface area contributed by atoms with Crippen LogP contribution in [0.1, 0.15) is 44.0 Å². The van der Waals surface area contributed by atoms with Crippen LogP contribution in [0.25, 0.3) is 0 Å². The first-order valence-corrected chi connectivity index (χ1v) is 7.49. The Morgan fingerprint density at radius 3 is 2.14 bits per heavy atom. The second-order valence-electron chi connectivity index (χ2n) is 4.94. The van der Waals surface area contributed by atoms with Gasteiger partial charge in [-0.2, -0.15) is 0 Å². The summed E-state index contributed by atoms with van der Waals surface area (Å²) in [5.41, 5.74) is 7.03. The van der Waals surface area contributed by atoms with Crippen molar-refractivity contribution in [1.29, 1.82) is 0 Å². The molecule has 2 amide bonds. The fraction of sp³-hybridized carbons (Fsp3) is 0.500. The number of hydrogen-bond acceptors (Lipinski definition) is 3. The lowest BCUT2D eigenvalue weighted by atomic mass is 10.1. The summed E-state index contributed by atoms with van der Waals surface area (Å²) in [6.45, 7) is 7.25. The second-order valence-corrected chi connectivity index (χ2v) is 4.94. The number of carbonyl (C=O) groups excluding carboxylic acids is 2. The van der Waals surface area contributed by atoms with Crippen molar-refractivity contribution < 1.29 is 9.59 Å². The molecule has 0 heterocycles. The van der Waals surface area contributed by atoms with Crippen LogP contribution in [-0.2, 0) is 4.79 Å². The minimum Gasteiger partial charge on any atom is -0.339 e. The van der Waals surface area contributed by atoms with Crippen LogP contribution in [0.3, 0.4) is 0 Å². The van der Waals surface area contributed by atoms with E-state index in [0.29, 0.717) is 30.8 Å². The predicted molar refractivity (Wildman–Crippen MR) is 92.5 cm³/mol.